The minimum absolute atomic E-state index is 0.0336. The summed E-state index contributed by atoms with van der Waals surface area (Å²) in [6, 6.07) is -0.783. The molecule has 0 bridgehead atoms. The van der Waals surface area contributed by atoms with Crippen LogP contribution in [0.2, 0.25) is 0 Å². The average Bonchev–Trinajstić information content (AvgIpc) is 2.97. The molecule has 0 unspecified atom stereocenters. The molecule has 2 aromatic heterocycles. The highest BCUT2D eigenvalue weighted by atomic mass is 19.4. The number of alkyl halides is 3. The number of nitrogens with zero attached hydrogens (tertiary/aromatic N) is 5. The normalized spacial score (nSPS) is 14.3. The highest BCUT2D eigenvalue weighted by molar-refractivity contribution is 5.86. The Labute approximate surface area is 169 Å². The van der Waals surface area contributed by atoms with E-state index >= 15 is 0 Å². The largest absolute Gasteiger partial charge is 0.491 e. The first-order chi connectivity index (χ1) is 14.3. The maximum Gasteiger partial charge on any atom is 0.491 e. The van der Waals surface area contributed by atoms with Crippen LogP contribution in [0.4, 0.5) is 19.0 Å². The Kier molecular flexibility index (Phi) is 6.12. The molecule has 160 valence electrons. The molecule has 1 N–H and O–H groups in total. The van der Waals surface area contributed by atoms with Gasteiger partial charge in [-0.1, -0.05) is 12.0 Å². The molecule has 3 rings (SSSR count). The van der Waals surface area contributed by atoms with Crippen LogP contribution in [-0.2, 0) is 17.9 Å². The van der Waals surface area contributed by atoms with Crippen LogP contribution in [-0.4, -0.2) is 57.4 Å². The van der Waals surface area contributed by atoms with Crippen LogP contribution >= 0.6 is 0 Å². The summed E-state index contributed by atoms with van der Waals surface area (Å²) in [4.78, 5) is 34.0. The molecule has 3 heterocycles. The Morgan fingerprint density at radius 2 is 2.00 bits per heavy atom. The molecular weight excluding hydrogens is 405 g/mol. The van der Waals surface area contributed by atoms with Crippen molar-refractivity contribution in [2.75, 3.05) is 31.1 Å². The van der Waals surface area contributed by atoms with Gasteiger partial charge in [0.25, 0.3) is 0 Å². The van der Waals surface area contributed by atoms with Gasteiger partial charge in [0.2, 0.25) is 0 Å². The van der Waals surface area contributed by atoms with Gasteiger partial charge in [-0.15, -0.1) is 12.5 Å². The highest BCUT2D eigenvalue weighted by Crippen LogP contribution is 2.27. The third-order valence-corrected chi connectivity index (χ3v) is 4.37. The number of piperazine rings is 1. The Hall–Kier alpha value is -3.33. The van der Waals surface area contributed by atoms with Gasteiger partial charge in [0.05, 0.1) is 6.54 Å². The molecule has 0 aliphatic carbocycles. The molecule has 1 aliphatic heterocycles. The van der Waals surface area contributed by atoms with Crippen LogP contribution in [0.15, 0.2) is 17.4 Å². The van der Waals surface area contributed by atoms with Crippen LogP contribution in [0.1, 0.15) is 6.92 Å². The number of ether oxygens (including phenoxy) is 1. The first-order valence-electron chi connectivity index (χ1n) is 9.04. The van der Waals surface area contributed by atoms with Crippen molar-refractivity contribution in [3.8, 4) is 17.9 Å². The van der Waals surface area contributed by atoms with Crippen molar-refractivity contribution < 1.29 is 22.7 Å². The fraction of sp³-hybridized carbons (Fsp3) is 0.444. The van der Waals surface area contributed by atoms with Crippen molar-refractivity contribution >= 4 is 23.0 Å². The second-order valence-electron chi connectivity index (χ2n) is 6.32. The van der Waals surface area contributed by atoms with Crippen LogP contribution in [0.5, 0.6) is 6.01 Å². The third-order valence-electron chi connectivity index (χ3n) is 4.37. The SMILES string of the molecule is C=CCn1c(=O)n(CC#CC)c2c(N3CCNCC3)nc(OC(=O)C(F)(F)F)nc21. The van der Waals surface area contributed by atoms with Crippen molar-refractivity contribution in [1.29, 1.82) is 0 Å². The van der Waals surface area contributed by atoms with Crippen LogP contribution in [0.25, 0.3) is 11.2 Å². The average molecular weight is 424 g/mol. The molecule has 0 atom stereocenters. The van der Waals surface area contributed by atoms with Crippen molar-refractivity contribution in [2.24, 2.45) is 0 Å². The molecule has 9 nitrogen and oxygen atoms in total. The maximum absolute atomic E-state index is 12.9. The number of hydrogen-bond donors (Lipinski definition) is 1. The van der Waals surface area contributed by atoms with E-state index in [0.717, 1.165) is 0 Å². The van der Waals surface area contributed by atoms with Gasteiger partial charge < -0.3 is 15.0 Å². The smallest absolute Gasteiger partial charge is 0.384 e. The zero-order chi connectivity index (χ0) is 21.9. The van der Waals surface area contributed by atoms with E-state index in [-0.39, 0.29) is 24.6 Å². The van der Waals surface area contributed by atoms with Gasteiger partial charge in [0.15, 0.2) is 11.5 Å². The van der Waals surface area contributed by atoms with Crippen molar-refractivity contribution in [2.45, 2.75) is 26.2 Å². The van der Waals surface area contributed by atoms with Gasteiger partial charge in [-0.2, -0.15) is 23.1 Å². The highest BCUT2D eigenvalue weighted by Gasteiger charge is 2.42. The number of carbonyl (C=O) groups is 1. The Bertz CT molecular complexity index is 1090. The quantitative estimate of drug-likeness (QED) is 0.429. The maximum atomic E-state index is 12.9. The fourth-order valence-corrected chi connectivity index (χ4v) is 3.06. The van der Waals surface area contributed by atoms with E-state index in [1.807, 2.05) is 0 Å². The zero-order valence-electron chi connectivity index (χ0n) is 16.1. The predicted octanol–water partition coefficient (Wildman–Crippen LogP) is 0.680. The van der Waals surface area contributed by atoms with E-state index in [0.29, 0.717) is 31.7 Å². The standard InChI is InChI=1S/C18H19F3N6O3/c1-3-5-9-26-12-13(25-10-6-22-7-11-25)23-16(30-15(28)18(19,20)21)24-14(12)27(8-4-2)17(26)29/h4,22H,2,6-11H2,1H3. The molecule has 0 aromatic carbocycles. The molecule has 0 radical (unpaired) electrons. The Balaban J connectivity index is 2.26. The summed E-state index contributed by atoms with van der Waals surface area (Å²) in [6.07, 6.45) is -3.76. The van der Waals surface area contributed by atoms with Gasteiger partial charge in [0, 0.05) is 32.7 Å². The monoisotopic (exact) mass is 424 g/mol. The molecule has 0 saturated carbocycles. The fourth-order valence-electron chi connectivity index (χ4n) is 3.06. The van der Waals surface area contributed by atoms with Gasteiger partial charge >= 0.3 is 23.8 Å². The lowest BCUT2D eigenvalue weighted by molar-refractivity contribution is -0.190. The molecule has 1 aliphatic rings. The van der Waals surface area contributed by atoms with Crippen LogP contribution in [0.3, 0.4) is 0 Å². The molecule has 12 heteroatoms. The number of imidazole rings is 1. The first-order valence-corrected chi connectivity index (χ1v) is 9.04. The predicted molar refractivity (Wildman–Crippen MR) is 102 cm³/mol. The molecular formula is C18H19F3N6O3. The number of aromatic nitrogens is 4. The lowest BCUT2D eigenvalue weighted by atomic mass is 10.3. The summed E-state index contributed by atoms with van der Waals surface area (Å²) in [5, 5.41) is 3.16. The molecule has 2 aromatic rings. The molecule has 1 saturated heterocycles. The Morgan fingerprint density at radius 1 is 1.30 bits per heavy atom. The van der Waals surface area contributed by atoms with E-state index in [2.05, 4.69) is 38.4 Å². The third kappa shape index (κ3) is 4.16. The topological polar surface area (TPSA) is 94.3 Å². The molecule has 0 spiro atoms. The number of hydrogen-bond acceptors (Lipinski definition) is 7. The minimum Gasteiger partial charge on any atom is -0.384 e. The first kappa shape index (κ1) is 21.4. The van der Waals surface area contributed by atoms with E-state index in [1.165, 1.54) is 15.2 Å². The summed E-state index contributed by atoms with van der Waals surface area (Å²) in [5.41, 5.74) is -0.137. The number of anilines is 1. The number of nitrogens with one attached hydrogen (secondary N) is 1. The summed E-state index contributed by atoms with van der Waals surface area (Å²) < 4.78 is 45.0. The number of fused-ring (bicyclic) bond motifs is 1. The molecule has 1 fully saturated rings. The van der Waals surface area contributed by atoms with E-state index in [1.54, 1.807) is 11.8 Å². The summed E-state index contributed by atoms with van der Waals surface area (Å²) in [7, 11) is 0. The lowest BCUT2D eigenvalue weighted by Crippen LogP contribution is -2.44. The number of esters is 1. The Morgan fingerprint density at radius 3 is 2.60 bits per heavy atom. The van der Waals surface area contributed by atoms with Crippen LogP contribution in [0, 0.1) is 11.8 Å². The second kappa shape index (κ2) is 8.58. The summed E-state index contributed by atoms with van der Waals surface area (Å²) >= 11 is 0. The van der Waals surface area contributed by atoms with Crippen molar-refractivity contribution in [1.82, 2.24) is 24.4 Å². The second-order valence-corrected chi connectivity index (χ2v) is 6.32. The lowest BCUT2D eigenvalue weighted by Gasteiger charge is -2.29. The van der Waals surface area contributed by atoms with Crippen LogP contribution < -0.4 is 20.6 Å². The van der Waals surface area contributed by atoms with Gasteiger partial charge in [-0.05, 0) is 6.92 Å². The van der Waals surface area contributed by atoms with Gasteiger partial charge in [0.1, 0.15) is 5.52 Å². The number of allylic oxidation sites excluding steroid dienone is 1. The molecule has 0 amide bonds. The number of carbonyl (C=O) groups excluding carboxylic acids is 1. The van der Waals surface area contributed by atoms with E-state index in [4.69, 9.17) is 0 Å². The number of rotatable bonds is 5. The molecule has 30 heavy (non-hydrogen) atoms. The van der Waals surface area contributed by atoms with E-state index in [9.17, 15) is 22.8 Å². The summed E-state index contributed by atoms with van der Waals surface area (Å²) in [6.45, 7) is 7.49. The zero-order valence-corrected chi connectivity index (χ0v) is 16.1. The van der Waals surface area contributed by atoms with Gasteiger partial charge in [-0.25, -0.2) is 9.59 Å². The van der Waals surface area contributed by atoms with Crippen molar-refractivity contribution in [3.63, 3.8) is 0 Å². The number of halogens is 3. The minimum atomic E-state index is -5.21. The van der Waals surface area contributed by atoms with Crippen molar-refractivity contribution in [3.05, 3.63) is 23.1 Å². The summed E-state index contributed by atoms with van der Waals surface area (Å²) in [5.74, 6) is 3.26. The van der Waals surface area contributed by atoms with E-state index < -0.39 is 23.8 Å². The van der Waals surface area contributed by atoms with Gasteiger partial charge in [-0.3, -0.25) is 9.13 Å².